The maximum Gasteiger partial charge on any atom is 0.191 e. The van der Waals surface area contributed by atoms with Gasteiger partial charge in [-0.05, 0) is 31.4 Å². The van der Waals surface area contributed by atoms with E-state index in [0.29, 0.717) is 19.2 Å². The second-order valence-electron chi connectivity index (χ2n) is 4.90. The molecule has 21 heavy (non-hydrogen) atoms. The summed E-state index contributed by atoms with van der Waals surface area (Å²) in [5, 5.41) is 6.66. The molecule has 0 bridgehead atoms. The lowest BCUT2D eigenvalue weighted by atomic mass is 10.1. The molecule has 1 rings (SSSR count). The third kappa shape index (κ3) is 8.26. The molecule has 5 heteroatoms. The van der Waals surface area contributed by atoms with Gasteiger partial charge in [0.25, 0.3) is 0 Å². The first-order valence-corrected chi connectivity index (χ1v) is 7.31. The first-order valence-electron chi connectivity index (χ1n) is 7.31. The van der Waals surface area contributed by atoms with Crippen molar-refractivity contribution in [2.75, 3.05) is 13.7 Å². The van der Waals surface area contributed by atoms with Crippen molar-refractivity contribution in [3.05, 3.63) is 35.4 Å². The molecule has 0 aromatic heterocycles. The number of hydrogen-bond acceptors (Lipinski definition) is 2. The van der Waals surface area contributed by atoms with Crippen molar-refractivity contribution in [2.45, 2.75) is 46.4 Å². The van der Waals surface area contributed by atoms with Gasteiger partial charge in [-0.1, -0.05) is 31.2 Å². The highest BCUT2D eigenvalue weighted by Gasteiger charge is 2.02. The average molecular weight is 405 g/mol. The number of ether oxygens (including phenoxy) is 1. The van der Waals surface area contributed by atoms with Crippen molar-refractivity contribution in [3.8, 4) is 0 Å². The van der Waals surface area contributed by atoms with Gasteiger partial charge in [0, 0.05) is 19.7 Å². The molecule has 0 fully saturated rings. The largest absolute Gasteiger partial charge is 0.380 e. The molecule has 0 amide bonds. The number of halogens is 1. The minimum absolute atomic E-state index is 0. The summed E-state index contributed by atoms with van der Waals surface area (Å²) in [6, 6.07) is 8.77. The number of rotatable bonds is 7. The van der Waals surface area contributed by atoms with E-state index < -0.39 is 0 Å². The molecule has 0 saturated carbocycles. The van der Waals surface area contributed by atoms with Gasteiger partial charge in [-0.2, -0.15) is 0 Å². The summed E-state index contributed by atoms with van der Waals surface area (Å²) in [5.41, 5.74) is 2.38. The molecule has 1 unspecified atom stereocenters. The Morgan fingerprint density at radius 1 is 1.29 bits per heavy atom. The Labute approximate surface area is 145 Å². The maximum absolute atomic E-state index is 5.15. The zero-order chi connectivity index (χ0) is 14.8. The van der Waals surface area contributed by atoms with Crippen LogP contribution in [0.4, 0.5) is 0 Å². The molecule has 0 aliphatic rings. The summed E-state index contributed by atoms with van der Waals surface area (Å²) in [4.78, 5) is 4.63. The predicted molar refractivity (Wildman–Crippen MR) is 100 cm³/mol. The van der Waals surface area contributed by atoms with Crippen molar-refractivity contribution >= 4 is 29.9 Å². The molecular weight excluding hydrogens is 377 g/mol. The quantitative estimate of drug-likeness (QED) is 0.416. The highest BCUT2D eigenvalue weighted by molar-refractivity contribution is 14.0. The van der Waals surface area contributed by atoms with Crippen LogP contribution in [0.2, 0.25) is 0 Å². The van der Waals surface area contributed by atoms with Crippen LogP contribution in [-0.2, 0) is 17.9 Å². The Morgan fingerprint density at radius 3 is 2.62 bits per heavy atom. The Balaban J connectivity index is 0.00000400. The zero-order valence-corrected chi connectivity index (χ0v) is 15.8. The second-order valence-corrected chi connectivity index (χ2v) is 4.90. The Bertz CT molecular complexity index is 424. The van der Waals surface area contributed by atoms with E-state index in [1.165, 1.54) is 11.1 Å². The minimum atomic E-state index is 0. The van der Waals surface area contributed by atoms with E-state index in [4.69, 9.17) is 4.74 Å². The molecule has 4 nitrogen and oxygen atoms in total. The van der Waals surface area contributed by atoms with Crippen LogP contribution in [-0.4, -0.2) is 25.7 Å². The van der Waals surface area contributed by atoms with Crippen molar-refractivity contribution in [1.82, 2.24) is 10.6 Å². The van der Waals surface area contributed by atoms with Gasteiger partial charge in [0.15, 0.2) is 5.96 Å². The number of nitrogens with one attached hydrogen (secondary N) is 2. The molecule has 0 aliphatic carbocycles. The van der Waals surface area contributed by atoms with E-state index in [-0.39, 0.29) is 24.0 Å². The van der Waals surface area contributed by atoms with E-state index in [1.54, 1.807) is 7.11 Å². The monoisotopic (exact) mass is 405 g/mol. The normalized spacial score (nSPS) is 12.5. The summed E-state index contributed by atoms with van der Waals surface area (Å²) in [6.07, 6.45) is 1.08. The summed E-state index contributed by atoms with van der Waals surface area (Å²) in [7, 11) is 1.71. The van der Waals surface area contributed by atoms with Crippen LogP contribution in [0.3, 0.4) is 0 Å². The van der Waals surface area contributed by atoms with Gasteiger partial charge in [0.2, 0.25) is 0 Å². The fourth-order valence-corrected chi connectivity index (χ4v) is 1.81. The molecule has 1 atom stereocenters. The van der Waals surface area contributed by atoms with Gasteiger partial charge in [-0.25, -0.2) is 4.99 Å². The minimum Gasteiger partial charge on any atom is -0.380 e. The molecule has 0 aliphatic heterocycles. The Morgan fingerprint density at radius 2 is 2.00 bits per heavy atom. The molecule has 0 saturated heterocycles. The summed E-state index contributed by atoms with van der Waals surface area (Å²) in [5.74, 6) is 0.874. The lowest BCUT2D eigenvalue weighted by molar-refractivity contribution is 0.185. The van der Waals surface area contributed by atoms with E-state index in [1.807, 2.05) is 6.07 Å². The number of aliphatic imine (C=N–C) groups is 1. The molecule has 1 aromatic carbocycles. The predicted octanol–water partition coefficient (Wildman–Crippen LogP) is 3.30. The number of benzene rings is 1. The molecule has 2 N–H and O–H groups in total. The topological polar surface area (TPSA) is 45.7 Å². The lowest BCUT2D eigenvalue weighted by Gasteiger charge is -2.16. The highest BCUT2D eigenvalue weighted by atomic mass is 127. The number of guanidine groups is 1. The van der Waals surface area contributed by atoms with Crippen LogP contribution in [0.5, 0.6) is 0 Å². The second kappa shape index (κ2) is 11.8. The van der Waals surface area contributed by atoms with Gasteiger partial charge in [-0.3, -0.25) is 0 Å². The van der Waals surface area contributed by atoms with Crippen LogP contribution >= 0.6 is 24.0 Å². The van der Waals surface area contributed by atoms with E-state index in [0.717, 1.165) is 18.9 Å². The SMILES string of the molecule is CCNC(=NCc1cccc(COC)c1)NC(C)CC.I. The third-order valence-electron chi connectivity index (χ3n) is 3.06. The summed E-state index contributed by atoms with van der Waals surface area (Å²) < 4.78 is 5.15. The Kier molecular flexibility index (Phi) is 11.3. The van der Waals surface area contributed by atoms with Crippen molar-refractivity contribution in [3.63, 3.8) is 0 Å². The van der Waals surface area contributed by atoms with E-state index in [9.17, 15) is 0 Å². The molecule has 0 heterocycles. The van der Waals surface area contributed by atoms with Crippen LogP contribution in [0.25, 0.3) is 0 Å². The van der Waals surface area contributed by atoms with E-state index in [2.05, 4.69) is 54.6 Å². The smallest absolute Gasteiger partial charge is 0.191 e. The fourth-order valence-electron chi connectivity index (χ4n) is 1.81. The Hall–Kier alpha value is -0.820. The number of methoxy groups -OCH3 is 1. The first-order chi connectivity index (χ1) is 9.69. The highest BCUT2D eigenvalue weighted by Crippen LogP contribution is 2.07. The van der Waals surface area contributed by atoms with Crippen molar-refractivity contribution in [2.24, 2.45) is 4.99 Å². The van der Waals surface area contributed by atoms with Crippen LogP contribution in [0, 0.1) is 0 Å². The number of nitrogens with zero attached hydrogens (tertiary/aromatic N) is 1. The maximum atomic E-state index is 5.15. The van der Waals surface area contributed by atoms with Crippen molar-refractivity contribution < 1.29 is 4.74 Å². The van der Waals surface area contributed by atoms with E-state index >= 15 is 0 Å². The van der Waals surface area contributed by atoms with Crippen LogP contribution in [0.15, 0.2) is 29.3 Å². The molecular formula is C16H28IN3O. The van der Waals surface area contributed by atoms with Gasteiger partial charge in [-0.15, -0.1) is 24.0 Å². The molecule has 0 spiro atoms. The number of hydrogen-bond donors (Lipinski definition) is 2. The van der Waals surface area contributed by atoms with Gasteiger partial charge in [0.1, 0.15) is 0 Å². The van der Waals surface area contributed by atoms with Gasteiger partial charge < -0.3 is 15.4 Å². The standard InChI is InChI=1S/C16H27N3O.HI/c1-5-13(3)19-16(17-6-2)18-11-14-8-7-9-15(10-14)12-20-4;/h7-10,13H,5-6,11-12H2,1-4H3,(H2,17,18,19);1H. The van der Waals surface area contributed by atoms with Gasteiger partial charge in [0.05, 0.1) is 13.2 Å². The van der Waals surface area contributed by atoms with Crippen LogP contribution in [0.1, 0.15) is 38.3 Å². The van der Waals surface area contributed by atoms with Gasteiger partial charge >= 0.3 is 0 Å². The zero-order valence-electron chi connectivity index (χ0n) is 13.5. The average Bonchev–Trinajstić information content (AvgIpc) is 2.45. The van der Waals surface area contributed by atoms with Crippen molar-refractivity contribution in [1.29, 1.82) is 0 Å². The fraction of sp³-hybridized carbons (Fsp3) is 0.562. The lowest BCUT2D eigenvalue weighted by Crippen LogP contribution is -2.41. The molecule has 0 radical (unpaired) electrons. The third-order valence-corrected chi connectivity index (χ3v) is 3.06. The molecule has 1 aromatic rings. The van der Waals surface area contributed by atoms with Crippen LogP contribution < -0.4 is 10.6 Å². The molecule has 120 valence electrons. The summed E-state index contributed by atoms with van der Waals surface area (Å²) in [6.45, 7) is 8.58. The summed E-state index contributed by atoms with van der Waals surface area (Å²) >= 11 is 0. The first kappa shape index (κ1) is 20.2.